The lowest BCUT2D eigenvalue weighted by molar-refractivity contribution is -0.278. The first-order valence-corrected chi connectivity index (χ1v) is 15.1. The van der Waals surface area contributed by atoms with Crippen molar-refractivity contribution in [2.75, 3.05) is 46.0 Å². The van der Waals surface area contributed by atoms with E-state index in [1.807, 2.05) is 48.5 Å². The molecule has 3 aliphatic heterocycles. The molecule has 2 amide bonds. The summed E-state index contributed by atoms with van der Waals surface area (Å²) >= 11 is 0. The molecule has 2 aromatic rings. The van der Waals surface area contributed by atoms with Gasteiger partial charge in [-0.15, -0.1) is 0 Å². The molecule has 0 aliphatic carbocycles. The monoisotopic (exact) mass is 597 g/mol. The molecule has 3 fully saturated rings. The number of ether oxygens (including phenoxy) is 5. The molecule has 3 heterocycles. The minimum atomic E-state index is -0.573. The van der Waals surface area contributed by atoms with Crippen LogP contribution < -0.4 is 10.6 Å². The highest BCUT2D eigenvalue weighted by molar-refractivity contribution is 5.80. The predicted molar refractivity (Wildman–Crippen MR) is 157 cm³/mol. The maximum Gasteiger partial charge on any atom is 0.325 e. The average Bonchev–Trinajstić information content (AvgIpc) is 3.49. The van der Waals surface area contributed by atoms with Gasteiger partial charge in [-0.25, -0.2) is 4.79 Å². The van der Waals surface area contributed by atoms with Crippen molar-refractivity contribution < 1.29 is 38.4 Å². The number of likely N-dealkylation sites (tertiary alicyclic amines) is 1. The average molecular weight is 598 g/mol. The minimum absolute atomic E-state index is 0.00609. The molecule has 3 saturated heterocycles. The Balaban J connectivity index is 1.23. The maximum absolute atomic E-state index is 12.1. The molecule has 1 spiro atoms. The van der Waals surface area contributed by atoms with Crippen molar-refractivity contribution in [3.05, 3.63) is 70.8 Å². The van der Waals surface area contributed by atoms with Crippen LogP contribution in [0.3, 0.4) is 0 Å². The topological polar surface area (TPSA) is 128 Å². The van der Waals surface area contributed by atoms with Crippen LogP contribution in [0.5, 0.6) is 0 Å². The van der Waals surface area contributed by atoms with Gasteiger partial charge in [0.1, 0.15) is 6.54 Å². The molecule has 43 heavy (non-hydrogen) atoms. The molecule has 0 bridgehead atoms. The summed E-state index contributed by atoms with van der Waals surface area (Å²) in [5, 5.41) is 14.8. The van der Waals surface area contributed by atoms with Crippen LogP contribution in [0.25, 0.3) is 0 Å². The molecule has 4 unspecified atom stereocenters. The number of benzene rings is 2. The number of rotatable bonds is 10. The number of piperidine rings is 1. The Bertz CT molecular complexity index is 1190. The molecule has 0 saturated carbocycles. The Kier molecular flexibility index (Phi) is 10.7. The van der Waals surface area contributed by atoms with Crippen LogP contribution in [0, 0.1) is 5.92 Å². The number of esters is 1. The summed E-state index contributed by atoms with van der Waals surface area (Å²) in [5.74, 6) is -0.815. The van der Waals surface area contributed by atoms with E-state index in [2.05, 4.69) is 22.5 Å². The zero-order chi connectivity index (χ0) is 30.2. The molecule has 4 atom stereocenters. The zero-order valence-electron chi connectivity index (χ0n) is 25.0. The number of hydrogen-bond acceptors (Lipinski definition) is 9. The first-order valence-electron chi connectivity index (χ1n) is 15.1. The Morgan fingerprint density at radius 3 is 2.26 bits per heavy atom. The van der Waals surface area contributed by atoms with Crippen molar-refractivity contribution in [1.82, 2.24) is 15.5 Å². The molecule has 11 nitrogen and oxygen atoms in total. The Labute approximate surface area is 252 Å². The molecule has 234 valence electrons. The van der Waals surface area contributed by atoms with Crippen molar-refractivity contribution in [3.63, 3.8) is 0 Å². The number of nitrogens with one attached hydrogen (secondary N) is 2. The Morgan fingerprint density at radius 2 is 1.60 bits per heavy atom. The van der Waals surface area contributed by atoms with Crippen LogP contribution in [0.1, 0.15) is 61.3 Å². The van der Waals surface area contributed by atoms with Gasteiger partial charge in [0.05, 0.1) is 38.6 Å². The molecule has 3 aliphatic rings. The molecule has 0 radical (unpaired) electrons. The number of urea groups is 1. The number of nitrogens with zero attached hydrogens (tertiary/aromatic N) is 1. The zero-order valence-corrected chi connectivity index (χ0v) is 25.0. The largest absolute Gasteiger partial charge is 0.465 e. The van der Waals surface area contributed by atoms with Crippen LogP contribution in [0.15, 0.2) is 48.5 Å². The summed E-state index contributed by atoms with van der Waals surface area (Å²) in [7, 11) is 0. The third kappa shape index (κ3) is 8.11. The van der Waals surface area contributed by atoms with Gasteiger partial charge >= 0.3 is 12.0 Å². The van der Waals surface area contributed by atoms with Gasteiger partial charge in [0.15, 0.2) is 12.1 Å². The third-order valence-corrected chi connectivity index (χ3v) is 8.40. The number of carbonyl (C=O) groups is 2. The van der Waals surface area contributed by atoms with E-state index < -0.39 is 24.1 Å². The van der Waals surface area contributed by atoms with E-state index in [0.717, 1.165) is 54.7 Å². The number of hydrogen-bond donors (Lipinski definition) is 3. The van der Waals surface area contributed by atoms with Crippen molar-refractivity contribution >= 4 is 12.0 Å². The highest BCUT2D eigenvalue weighted by atomic mass is 16.7. The lowest BCUT2D eigenvalue weighted by Gasteiger charge is -2.44. The van der Waals surface area contributed by atoms with Crippen LogP contribution >= 0.6 is 0 Å². The molecule has 5 rings (SSSR count). The summed E-state index contributed by atoms with van der Waals surface area (Å²) in [6.07, 6.45) is 0.840. The number of carbonyl (C=O) groups excluding carboxylic acids is 2. The van der Waals surface area contributed by atoms with Crippen LogP contribution in [-0.4, -0.2) is 79.9 Å². The highest BCUT2D eigenvalue weighted by Crippen LogP contribution is 2.42. The second kappa shape index (κ2) is 14.6. The summed E-state index contributed by atoms with van der Waals surface area (Å²) in [6.45, 7) is 8.11. The van der Waals surface area contributed by atoms with Gasteiger partial charge in [-0.3, -0.25) is 4.79 Å². The van der Waals surface area contributed by atoms with E-state index in [1.165, 1.54) is 0 Å². The lowest BCUT2D eigenvalue weighted by Crippen LogP contribution is -2.50. The first kappa shape index (κ1) is 31.4. The third-order valence-electron chi connectivity index (χ3n) is 8.40. The molecule has 11 heteroatoms. The van der Waals surface area contributed by atoms with Crippen LogP contribution in [-0.2, 0) is 41.6 Å². The Hall–Kier alpha value is -3.06. The smallest absolute Gasteiger partial charge is 0.325 e. The lowest BCUT2D eigenvalue weighted by atomic mass is 9.89. The number of aliphatic hydroxyl groups excluding tert-OH is 1. The van der Waals surface area contributed by atoms with Crippen molar-refractivity contribution in [2.45, 2.75) is 64.1 Å². The van der Waals surface area contributed by atoms with E-state index in [4.69, 9.17) is 23.7 Å². The van der Waals surface area contributed by atoms with E-state index in [-0.39, 0.29) is 37.9 Å². The quantitative estimate of drug-likeness (QED) is 0.354. The standard InChI is InChI=1S/C32H43N3O8/c1-3-39-28(37)19-34-31(38)33-18-23-4-10-26(11-5-23)30-42-27(20-35-14-12-32(13-15-35)40-16-17-41-32)22(2)29(43-30)25-8-6-24(21-36)7-9-25/h4-11,22,27,29-30,36H,3,12-21H2,1-2H3,(H2,33,34,38). The van der Waals surface area contributed by atoms with Gasteiger partial charge in [0, 0.05) is 50.5 Å². The Morgan fingerprint density at radius 1 is 0.953 bits per heavy atom. The van der Waals surface area contributed by atoms with Gasteiger partial charge in [-0.1, -0.05) is 55.5 Å². The van der Waals surface area contributed by atoms with Crippen molar-refractivity contribution in [1.29, 1.82) is 0 Å². The van der Waals surface area contributed by atoms with Crippen LogP contribution in [0.4, 0.5) is 4.79 Å². The fraction of sp³-hybridized carbons (Fsp3) is 0.562. The maximum atomic E-state index is 12.1. The van der Waals surface area contributed by atoms with Gasteiger partial charge < -0.3 is 44.3 Å². The van der Waals surface area contributed by atoms with Crippen molar-refractivity contribution in [2.24, 2.45) is 5.92 Å². The summed E-state index contributed by atoms with van der Waals surface area (Å²) in [5.41, 5.74) is 3.68. The molecule has 2 aromatic carbocycles. The van der Waals surface area contributed by atoms with Gasteiger partial charge in [0.25, 0.3) is 0 Å². The van der Waals surface area contributed by atoms with Gasteiger partial charge in [-0.05, 0) is 23.6 Å². The normalized spacial score (nSPS) is 25.4. The molecular weight excluding hydrogens is 554 g/mol. The highest BCUT2D eigenvalue weighted by Gasteiger charge is 2.43. The van der Waals surface area contributed by atoms with Crippen LogP contribution in [0.2, 0.25) is 0 Å². The fourth-order valence-electron chi connectivity index (χ4n) is 5.85. The van der Waals surface area contributed by atoms with E-state index in [9.17, 15) is 14.7 Å². The molecule has 3 N–H and O–H groups in total. The number of amides is 2. The van der Waals surface area contributed by atoms with E-state index in [1.54, 1.807) is 6.92 Å². The summed E-state index contributed by atoms with van der Waals surface area (Å²) < 4.78 is 29.9. The SMILES string of the molecule is CCOC(=O)CNC(=O)NCc1ccc(C2OC(CN3CCC4(CC3)OCCO4)C(C)C(c3ccc(CO)cc3)O2)cc1. The van der Waals surface area contributed by atoms with Crippen molar-refractivity contribution in [3.8, 4) is 0 Å². The van der Waals surface area contributed by atoms with Gasteiger partial charge in [0.2, 0.25) is 0 Å². The number of aliphatic hydroxyl groups is 1. The van der Waals surface area contributed by atoms with E-state index in [0.29, 0.717) is 19.8 Å². The summed E-state index contributed by atoms with van der Waals surface area (Å²) in [6, 6.07) is 15.2. The second-order valence-corrected chi connectivity index (χ2v) is 11.3. The predicted octanol–water partition coefficient (Wildman–Crippen LogP) is 3.17. The molecular formula is C32H43N3O8. The molecule has 0 aromatic heterocycles. The van der Waals surface area contributed by atoms with E-state index >= 15 is 0 Å². The summed E-state index contributed by atoms with van der Waals surface area (Å²) in [4.78, 5) is 25.9. The first-order chi connectivity index (χ1) is 20.9. The second-order valence-electron chi connectivity index (χ2n) is 11.3. The fourth-order valence-corrected chi connectivity index (χ4v) is 5.85. The minimum Gasteiger partial charge on any atom is -0.465 e. The van der Waals surface area contributed by atoms with Gasteiger partial charge in [-0.2, -0.15) is 0 Å².